The molecule has 0 saturated carbocycles. The number of benzene rings is 2. The molecule has 1 heterocycles. The highest BCUT2D eigenvalue weighted by molar-refractivity contribution is 6.30. The molecule has 2 aromatic carbocycles. The van der Waals surface area contributed by atoms with Gasteiger partial charge in [0.05, 0.1) is 5.60 Å². The number of halogens is 1. The topological polar surface area (TPSA) is 21.3 Å². The van der Waals surface area contributed by atoms with Crippen molar-refractivity contribution in [1.29, 1.82) is 0 Å². The van der Waals surface area contributed by atoms with Crippen LogP contribution < -0.4 is 5.32 Å². The molecule has 2 unspecified atom stereocenters. The van der Waals surface area contributed by atoms with Gasteiger partial charge in [-0.25, -0.2) is 0 Å². The Hall–Kier alpha value is -1.35. The quantitative estimate of drug-likeness (QED) is 0.627. The SMILES string of the molecule is CCC1(C)CC(CCNCc2ccc(Cl)cc2)(c2ccccc2)CCO1. The molecule has 0 amide bonds. The van der Waals surface area contributed by atoms with Gasteiger partial charge in [-0.1, -0.05) is 61.0 Å². The average molecular weight is 372 g/mol. The molecule has 0 bridgehead atoms. The molecular formula is C23H30ClNO. The third-order valence-corrected chi connectivity index (χ3v) is 6.15. The van der Waals surface area contributed by atoms with Crippen LogP contribution in [0.15, 0.2) is 54.6 Å². The van der Waals surface area contributed by atoms with Crippen molar-refractivity contribution in [3.05, 3.63) is 70.7 Å². The Kier molecular flexibility index (Phi) is 6.39. The van der Waals surface area contributed by atoms with Gasteiger partial charge >= 0.3 is 0 Å². The fourth-order valence-electron chi connectivity index (χ4n) is 4.13. The fourth-order valence-corrected chi connectivity index (χ4v) is 4.26. The smallest absolute Gasteiger partial charge is 0.0660 e. The Bertz CT molecular complexity index is 687. The Morgan fingerprint density at radius 2 is 1.81 bits per heavy atom. The molecular weight excluding hydrogens is 342 g/mol. The summed E-state index contributed by atoms with van der Waals surface area (Å²) in [6, 6.07) is 19.1. The van der Waals surface area contributed by atoms with Crippen LogP contribution in [0.2, 0.25) is 5.02 Å². The molecule has 2 atom stereocenters. The van der Waals surface area contributed by atoms with E-state index >= 15 is 0 Å². The van der Waals surface area contributed by atoms with Crippen molar-refractivity contribution in [3.8, 4) is 0 Å². The lowest BCUT2D eigenvalue weighted by atomic mass is 9.66. The summed E-state index contributed by atoms with van der Waals surface area (Å²) in [6.07, 6.45) is 4.36. The molecule has 1 aliphatic heterocycles. The molecule has 0 radical (unpaired) electrons. The minimum Gasteiger partial charge on any atom is -0.375 e. The first kappa shape index (κ1) is 19.4. The van der Waals surface area contributed by atoms with E-state index in [1.54, 1.807) is 0 Å². The molecule has 1 N–H and O–H groups in total. The molecule has 1 saturated heterocycles. The maximum absolute atomic E-state index is 6.15. The first-order valence-electron chi connectivity index (χ1n) is 9.70. The van der Waals surface area contributed by atoms with Crippen LogP contribution in [0.5, 0.6) is 0 Å². The first-order chi connectivity index (χ1) is 12.6. The van der Waals surface area contributed by atoms with Gasteiger partial charge in [0, 0.05) is 23.6 Å². The largest absolute Gasteiger partial charge is 0.375 e. The molecule has 26 heavy (non-hydrogen) atoms. The molecule has 3 rings (SSSR count). The van der Waals surface area contributed by atoms with E-state index in [0.29, 0.717) is 0 Å². The number of nitrogens with one attached hydrogen (secondary N) is 1. The van der Waals surface area contributed by atoms with Gasteiger partial charge in [0.2, 0.25) is 0 Å². The highest BCUT2D eigenvalue weighted by atomic mass is 35.5. The van der Waals surface area contributed by atoms with Crippen molar-refractivity contribution < 1.29 is 4.74 Å². The van der Waals surface area contributed by atoms with Crippen LogP contribution in [0.3, 0.4) is 0 Å². The van der Waals surface area contributed by atoms with Crippen LogP contribution in [0.1, 0.15) is 50.7 Å². The molecule has 0 spiro atoms. The van der Waals surface area contributed by atoms with Crippen LogP contribution in [-0.4, -0.2) is 18.8 Å². The maximum atomic E-state index is 6.15. The number of hydrogen-bond acceptors (Lipinski definition) is 2. The van der Waals surface area contributed by atoms with E-state index in [9.17, 15) is 0 Å². The third kappa shape index (κ3) is 4.68. The Morgan fingerprint density at radius 3 is 2.50 bits per heavy atom. The predicted molar refractivity (Wildman–Crippen MR) is 110 cm³/mol. The van der Waals surface area contributed by atoms with Crippen molar-refractivity contribution in [2.75, 3.05) is 13.2 Å². The van der Waals surface area contributed by atoms with E-state index in [-0.39, 0.29) is 11.0 Å². The van der Waals surface area contributed by atoms with Crippen LogP contribution in [0, 0.1) is 0 Å². The number of rotatable bonds is 7. The van der Waals surface area contributed by atoms with Gasteiger partial charge in [-0.05, 0) is 62.4 Å². The van der Waals surface area contributed by atoms with Crippen molar-refractivity contribution in [3.63, 3.8) is 0 Å². The zero-order valence-corrected chi connectivity index (χ0v) is 16.7. The summed E-state index contributed by atoms with van der Waals surface area (Å²) in [5.41, 5.74) is 2.89. The average Bonchev–Trinajstić information content (AvgIpc) is 2.67. The van der Waals surface area contributed by atoms with E-state index < -0.39 is 0 Å². The molecule has 1 fully saturated rings. The molecule has 1 aliphatic rings. The molecule has 0 aromatic heterocycles. The molecule has 140 valence electrons. The van der Waals surface area contributed by atoms with Gasteiger partial charge in [0.1, 0.15) is 0 Å². The zero-order valence-electron chi connectivity index (χ0n) is 15.9. The number of ether oxygens (including phenoxy) is 1. The Labute approximate surface area is 162 Å². The Balaban J connectivity index is 1.67. The lowest BCUT2D eigenvalue weighted by Crippen LogP contribution is -2.46. The van der Waals surface area contributed by atoms with E-state index in [1.807, 2.05) is 12.1 Å². The van der Waals surface area contributed by atoms with Gasteiger partial charge < -0.3 is 10.1 Å². The highest BCUT2D eigenvalue weighted by Gasteiger charge is 2.42. The molecule has 2 aromatic rings. The lowest BCUT2D eigenvalue weighted by molar-refractivity contribution is -0.0979. The summed E-state index contributed by atoms with van der Waals surface area (Å²) in [4.78, 5) is 0. The van der Waals surface area contributed by atoms with Gasteiger partial charge in [0.25, 0.3) is 0 Å². The van der Waals surface area contributed by atoms with E-state index in [0.717, 1.165) is 50.4 Å². The molecule has 3 heteroatoms. The second-order valence-corrected chi connectivity index (χ2v) is 8.21. The van der Waals surface area contributed by atoms with E-state index in [2.05, 4.69) is 61.6 Å². The first-order valence-corrected chi connectivity index (χ1v) is 10.1. The van der Waals surface area contributed by atoms with E-state index in [1.165, 1.54) is 11.1 Å². The zero-order chi connectivity index (χ0) is 18.5. The van der Waals surface area contributed by atoms with Crippen molar-refractivity contribution in [2.45, 2.75) is 57.1 Å². The standard InChI is InChI=1S/C23H30ClNO/c1-3-22(2)18-23(14-16-26-22,20-7-5-4-6-8-20)13-15-25-17-19-9-11-21(24)12-10-19/h4-12,25H,3,13-18H2,1-2H3. The lowest BCUT2D eigenvalue weighted by Gasteiger charge is -2.47. The van der Waals surface area contributed by atoms with Crippen molar-refractivity contribution in [1.82, 2.24) is 5.32 Å². The van der Waals surface area contributed by atoms with E-state index in [4.69, 9.17) is 16.3 Å². The van der Waals surface area contributed by atoms with Gasteiger partial charge in [-0.15, -0.1) is 0 Å². The van der Waals surface area contributed by atoms with Gasteiger partial charge in [0.15, 0.2) is 0 Å². The van der Waals surface area contributed by atoms with Crippen LogP contribution in [0.4, 0.5) is 0 Å². The summed E-state index contributed by atoms with van der Waals surface area (Å²) in [5.74, 6) is 0. The third-order valence-electron chi connectivity index (χ3n) is 5.90. The van der Waals surface area contributed by atoms with Crippen molar-refractivity contribution in [2.24, 2.45) is 0 Å². The van der Waals surface area contributed by atoms with Crippen LogP contribution in [-0.2, 0) is 16.7 Å². The van der Waals surface area contributed by atoms with Gasteiger partial charge in [-0.2, -0.15) is 0 Å². The summed E-state index contributed by atoms with van der Waals surface area (Å²) in [7, 11) is 0. The van der Waals surface area contributed by atoms with Gasteiger partial charge in [-0.3, -0.25) is 0 Å². The maximum Gasteiger partial charge on any atom is 0.0660 e. The molecule has 2 nitrogen and oxygen atoms in total. The summed E-state index contributed by atoms with van der Waals surface area (Å²) >= 11 is 5.97. The minimum atomic E-state index is -0.0235. The van der Waals surface area contributed by atoms with Crippen LogP contribution >= 0.6 is 11.6 Å². The van der Waals surface area contributed by atoms with Crippen LogP contribution in [0.25, 0.3) is 0 Å². The fraction of sp³-hybridized carbons (Fsp3) is 0.478. The molecule has 0 aliphatic carbocycles. The highest BCUT2D eigenvalue weighted by Crippen LogP contribution is 2.45. The normalized spacial score (nSPS) is 26.0. The minimum absolute atomic E-state index is 0.0235. The second kappa shape index (κ2) is 8.56. The van der Waals surface area contributed by atoms with Crippen molar-refractivity contribution >= 4 is 11.6 Å². The summed E-state index contributed by atoms with van der Waals surface area (Å²) in [6.45, 7) is 7.22. The summed E-state index contributed by atoms with van der Waals surface area (Å²) < 4.78 is 6.15. The predicted octanol–water partition coefficient (Wildman–Crippen LogP) is 5.74. The Morgan fingerprint density at radius 1 is 1.08 bits per heavy atom. The summed E-state index contributed by atoms with van der Waals surface area (Å²) in [5, 5.41) is 4.41. The second-order valence-electron chi connectivity index (χ2n) is 7.78. The number of hydrogen-bond donors (Lipinski definition) is 1. The monoisotopic (exact) mass is 371 g/mol.